The number of rotatable bonds is 6. The monoisotopic (exact) mass is 378 g/mol. The number of nitro groups is 1. The smallest absolute Gasteiger partial charge is 0.346 e. The molecule has 2 aliphatic rings. The van der Waals surface area contributed by atoms with Crippen LogP contribution in [0.15, 0.2) is 34.9 Å². The molecule has 0 aliphatic carbocycles. The molecule has 0 aromatic heterocycles. The molecule has 2 aliphatic heterocycles. The minimum Gasteiger partial charge on any atom is -0.480 e. The van der Waals surface area contributed by atoms with Crippen LogP contribution in [-0.2, 0) is 19.1 Å². The third-order valence-electron chi connectivity index (χ3n) is 4.07. The predicted molar refractivity (Wildman–Crippen MR) is 90.0 cm³/mol. The lowest BCUT2D eigenvalue weighted by Crippen LogP contribution is -2.48. The fourth-order valence-electron chi connectivity index (χ4n) is 2.90. The molecule has 1 unspecified atom stereocenters. The number of nitrogens with zero attached hydrogens (tertiary/aromatic N) is 2. The van der Waals surface area contributed by atoms with Gasteiger partial charge in [-0.1, -0.05) is 23.9 Å². The molecular weight excluding hydrogens is 364 g/mol. The number of amides is 1. The maximum atomic E-state index is 12.3. The van der Waals surface area contributed by atoms with Gasteiger partial charge in [0, 0.05) is 12.1 Å². The lowest BCUT2D eigenvalue weighted by atomic mass is 9.92. The van der Waals surface area contributed by atoms with Gasteiger partial charge >= 0.3 is 11.9 Å². The minimum atomic E-state index is -1.31. The highest BCUT2D eigenvalue weighted by Gasteiger charge is 2.51. The lowest BCUT2D eigenvalue weighted by molar-refractivity contribution is -0.384. The molecule has 1 saturated heterocycles. The molecule has 0 radical (unpaired) electrons. The molecule has 136 valence electrons. The number of nitro benzene ring substituents is 1. The Balaban J connectivity index is 2.07. The summed E-state index contributed by atoms with van der Waals surface area (Å²) in [5, 5.41) is 20.2. The predicted octanol–water partition coefficient (Wildman–Crippen LogP) is 1.84. The van der Waals surface area contributed by atoms with Crippen molar-refractivity contribution in [3.8, 4) is 0 Å². The van der Waals surface area contributed by atoms with Crippen LogP contribution >= 0.6 is 11.8 Å². The second-order valence-electron chi connectivity index (χ2n) is 5.60. The van der Waals surface area contributed by atoms with Gasteiger partial charge in [-0.25, -0.2) is 4.79 Å². The minimum absolute atomic E-state index is 0.0658. The number of β-lactam (4-membered cyclic amide) rings is 1. The standard InChI is InChI=1S/C16H14N2O7S/c1-2-25-16(22)14-13(17-10(19)7-11(17)26-14)12(15(20)21)8-3-5-9(6-4-8)18(23)24/h3-6,11-12H,2,7H2,1H3,(H,20,21)/t11-,12?/m0/s1. The van der Waals surface area contributed by atoms with E-state index in [1.165, 1.54) is 29.2 Å². The third-order valence-corrected chi connectivity index (χ3v) is 5.33. The number of fused-ring (bicyclic) bond motifs is 1. The summed E-state index contributed by atoms with van der Waals surface area (Å²) in [7, 11) is 0. The quantitative estimate of drug-likeness (QED) is 0.344. The van der Waals surface area contributed by atoms with Crippen LogP contribution in [0.5, 0.6) is 0 Å². The van der Waals surface area contributed by atoms with Gasteiger partial charge in [0.05, 0.1) is 29.0 Å². The largest absolute Gasteiger partial charge is 0.480 e. The first kappa shape index (κ1) is 17.9. The fraction of sp³-hybridized carbons (Fsp3) is 0.312. The number of esters is 1. The van der Waals surface area contributed by atoms with Crippen molar-refractivity contribution in [1.82, 2.24) is 4.90 Å². The fourth-order valence-corrected chi connectivity index (χ4v) is 4.23. The van der Waals surface area contributed by atoms with Crippen LogP contribution in [0.2, 0.25) is 0 Å². The molecule has 0 bridgehead atoms. The Morgan fingerprint density at radius 1 is 1.42 bits per heavy atom. The maximum Gasteiger partial charge on any atom is 0.346 e. The summed E-state index contributed by atoms with van der Waals surface area (Å²) in [5.74, 6) is -3.53. The van der Waals surface area contributed by atoms with Gasteiger partial charge in [0.2, 0.25) is 5.91 Å². The van der Waals surface area contributed by atoms with Crippen molar-refractivity contribution in [3.05, 3.63) is 50.5 Å². The van der Waals surface area contributed by atoms with Crippen LogP contribution in [0.3, 0.4) is 0 Å². The molecule has 1 aromatic rings. The number of benzene rings is 1. The van der Waals surface area contributed by atoms with Crippen molar-refractivity contribution in [3.63, 3.8) is 0 Å². The van der Waals surface area contributed by atoms with Crippen LogP contribution in [0, 0.1) is 10.1 Å². The average Bonchev–Trinajstić information content (AvgIpc) is 2.88. The third kappa shape index (κ3) is 2.92. The summed E-state index contributed by atoms with van der Waals surface area (Å²) < 4.78 is 4.99. The number of hydrogen-bond acceptors (Lipinski definition) is 7. The van der Waals surface area contributed by atoms with E-state index in [-0.39, 0.29) is 46.2 Å². The summed E-state index contributed by atoms with van der Waals surface area (Å²) in [6.07, 6.45) is 0.212. The van der Waals surface area contributed by atoms with Crippen molar-refractivity contribution in [2.75, 3.05) is 6.61 Å². The van der Waals surface area contributed by atoms with Crippen LogP contribution in [-0.4, -0.2) is 44.8 Å². The summed E-state index contributed by atoms with van der Waals surface area (Å²) in [6, 6.07) is 5.00. The summed E-state index contributed by atoms with van der Waals surface area (Å²) >= 11 is 1.11. The number of carboxylic acids is 1. The van der Waals surface area contributed by atoms with Crippen LogP contribution < -0.4 is 0 Å². The van der Waals surface area contributed by atoms with E-state index >= 15 is 0 Å². The zero-order valence-corrected chi connectivity index (χ0v) is 14.4. The maximum absolute atomic E-state index is 12.3. The van der Waals surface area contributed by atoms with E-state index in [0.717, 1.165) is 11.8 Å². The zero-order valence-electron chi connectivity index (χ0n) is 13.6. The van der Waals surface area contributed by atoms with Crippen molar-refractivity contribution in [2.24, 2.45) is 0 Å². The highest BCUT2D eigenvalue weighted by Crippen LogP contribution is 2.51. The van der Waals surface area contributed by atoms with E-state index in [9.17, 15) is 29.6 Å². The van der Waals surface area contributed by atoms with Gasteiger partial charge in [0.1, 0.15) is 10.8 Å². The van der Waals surface area contributed by atoms with Crippen molar-refractivity contribution >= 4 is 35.3 Å². The number of ether oxygens (including phenoxy) is 1. The van der Waals surface area contributed by atoms with Crippen LogP contribution in [0.25, 0.3) is 0 Å². The van der Waals surface area contributed by atoms with Gasteiger partial charge in [-0.15, -0.1) is 0 Å². The van der Waals surface area contributed by atoms with Gasteiger partial charge < -0.3 is 14.7 Å². The molecule has 26 heavy (non-hydrogen) atoms. The number of non-ortho nitro benzene ring substituents is 1. The number of aliphatic carboxylic acids is 1. The Kier molecular flexibility index (Phi) is 4.68. The van der Waals surface area contributed by atoms with E-state index < -0.39 is 22.8 Å². The van der Waals surface area contributed by atoms with Gasteiger partial charge in [-0.3, -0.25) is 19.7 Å². The highest BCUT2D eigenvalue weighted by molar-refractivity contribution is 8.04. The van der Waals surface area contributed by atoms with E-state index in [1.54, 1.807) is 6.92 Å². The Bertz CT molecular complexity index is 834. The van der Waals surface area contributed by atoms with Gasteiger partial charge in [-0.05, 0) is 12.5 Å². The SMILES string of the molecule is CCOC(=O)C1=C(C(C(=O)O)c2ccc([N+](=O)[O-])cc2)N2C(=O)C[C@@H]2S1. The molecule has 1 N–H and O–H groups in total. The Morgan fingerprint density at radius 2 is 2.08 bits per heavy atom. The number of thioether (sulfide) groups is 1. The summed E-state index contributed by atoms with van der Waals surface area (Å²) in [4.78, 5) is 47.8. The molecule has 3 rings (SSSR count). The van der Waals surface area contributed by atoms with E-state index in [4.69, 9.17) is 4.74 Å². The van der Waals surface area contributed by atoms with Crippen LogP contribution in [0.1, 0.15) is 24.8 Å². The number of carbonyl (C=O) groups is 3. The Labute approximate surface area is 151 Å². The van der Waals surface area contributed by atoms with Crippen molar-refractivity contribution in [2.45, 2.75) is 24.6 Å². The first-order valence-electron chi connectivity index (χ1n) is 7.72. The molecular formula is C16H14N2O7S. The molecule has 9 nitrogen and oxygen atoms in total. The van der Waals surface area contributed by atoms with E-state index in [2.05, 4.69) is 0 Å². The molecule has 0 spiro atoms. The Hall–Kier alpha value is -2.88. The van der Waals surface area contributed by atoms with E-state index in [1.807, 2.05) is 0 Å². The summed E-state index contributed by atoms with van der Waals surface area (Å²) in [5.41, 5.74) is 0.119. The first-order valence-corrected chi connectivity index (χ1v) is 8.60. The van der Waals surface area contributed by atoms with Crippen molar-refractivity contribution < 1.29 is 29.2 Å². The zero-order chi connectivity index (χ0) is 19.0. The summed E-state index contributed by atoms with van der Waals surface area (Å²) in [6.45, 7) is 1.74. The first-order chi connectivity index (χ1) is 12.3. The number of carboxylic acid groups (broad SMARTS) is 1. The van der Waals surface area contributed by atoms with Crippen LogP contribution in [0.4, 0.5) is 5.69 Å². The second kappa shape index (κ2) is 6.79. The average molecular weight is 378 g/mol. The molecule has 1 amide bonds. The molecule has 1 aromatic carbocycles. The molecule has 2 atom stereocenters. The van der Waals surface area contributed by atoms with Gasteiger partial charge in [-0.2, -0.15) is 0 Å². The number of carbonyl (C=O) groups excluding carboxylic acids is 2. The number of hydrogen-bond donors (Lipinski definition) is 1. The molecule has 1 fully saturated rings. The molecule has 0 saturated carbocycles. The highest BCUT2D eigenvalue weighted by atomic mass is 32.2. The Morgan fingerprint density at radius 3 is 2.58 bits per heavy atom. The molecule has 10 heteroatoms. The van der Waals surface area contributed by atoms with E-state index in [0.29, 0.717) is 0 Å². The normalized spacial score (nSPS) is 19.7. The molecule has 2 heterocycles. The van der Waals surface area contributed by atoms with Gasteiger partial charge in [0.25, 0.3) is 5.69 Å². The second-order valence-corrected chi connectivity index (χ2v) is 6.78. The lowest BCUT2D eigenvalue weighted by Gasteiger charge is -2.37. The topological polar surface area (TPSA) is 127 Å². The van der Waals surface area contributed by atoms with Crippen molar-refractivity contribution in [1.29, 1.82) is 0 Å². The van der Waals surface area contributed by atoms with Gasteiger partial charge in [0.15, 0.2) is 0 Å².